The van der Waals surface area contributed by atoms with Gasteiger partial charge < -0.3 is 15.1 Å². The molecule has 2 saturated heterocycles. The quantitative estimate of drug-likeness (QED) is 0.805. The lowest BCUT2D eigenvalue weighted by Crippen LogP contribution is -2.54. The standard InChI is InChI=1S/C26H32N4O2/c1-28-24-17-20(10-11-22(24)30-14-6-5-9-23(30)26(28)32)25(31)27-21-12-15-29(16-13-21)18-19-7-3-2-4-8-19/h2-4,7-8,10-11,17,21,23H,5-6,9,12-16,18H2,1H3,(H,27,31)/t23-/m0/s1. The average molecular weight is 433 g/mol. The second-order valence-corrected chi connectivity index (χ2v) is 9.32. The van der Waals surface area contributed by atoms with Gasteiger partial charge in [0.1, 0.15) is 6.04 Å². The van der Waals surface area contributed by atoms with Crippen LogP contribution < -0.4 is 15.1 Å². The Kier molecular flexibility index (Phi) is 5.87. The normalized spacial score (nSPS) is 21.8. The first-order chi connectivity index (χ1) is 15.6. The number of hydrogen-bond donors (Lipinski definition) is 1. The molecular formula is C26H32N4O2. The first-order valence-electron chi connectivity index (χ1n) is 11.9. The molecule has 0 bridgehead atoms. The van der Waals surface area contributed by atoms with E-state index in [9.17, 15) is 9.59 Å². The summed E-state index contributed by atoms with van der Waals surface area (Å²) in [4.78, 5) is 32.3. The van der Waals surface area contributed by atoms with Crippen LogP contribution in [0, 0.1) is 0 Å². The third-order valence-electron chi connectivity index (χ3n) is 7.20. The fourth-order valence-electron chi connectivity index (χ4n) is 5.34. The van der Waals surface area contributed by atoms with Crippen molar-refractivity contribution in [3.63, 3.8) is 0 Å². The zero-order chi connectivity index (χ0) is 22.1. The van der Waals surface area contributed by atoms with Crippen molar-refractivity contribution in [3.05, 3.63) is 59.7 Å². The third-order valence-corrected chi connectivity index (χ3v) is 7.20. The van der Waals surface area contributed by atoms with Crippen molar-refractivity contribution in [1.29, 1.82) is 0 Å². The van der Waals surface area contributed by atoms with E-state index < -0.39 is 0 Å². The number of piperidine rings is 2. The van der Waals surface area contributed by atoms with Crippen LogP contribution >= 0.6 is 0 Å². The van der Waals surface area contributed by atoms with Crippen molar-refractivity contribution in [2.45, 2.75) is 50.7 Å². The van der Waals surface area contributed by atoms with Crippen LogP contribution in [0.2, 0.25) is 0 Å². The molecule has 3 heterocycles. The van der Waals surface area contributed by atoms with Gasteiger partial charge in [0.2, 0.25) is 5.91 Å². The van der Waals surface area contributed by atoms with Crippen molar-refractivity contribution in [2.75, 3.05) is 36.5 Å². The van der Waals surface area contributed by atoms with E-state index in [1.165, 1.54) is 5.56 Å². The minimum Gasteiger partial charge on any atom is -0.358 e. The van der Waals surface area contributed by atoms with E-state index in [-0.39, 0.29) is 23.9 Å². The average Bonchev–Trinajstić information content (AvgIpc) is 2.84. The number of carbonyl (C=O) groups excluding carboxylic acids is 2. The molecule has 0 saturated carbocycles. The largest absolute Gasteiger partial charge is 0.358 e. The van der Waals surface area contributed by atoms with Gasteiger partial charge in [0.05, 0.1) is 11.4 Å². The molecule has 0 unspecified atom stereocenters. The number of fused-ring (bicyclic) bond motifs is 3. The number of benzene rings is 2. The van der Waals surface area contributed by atoms with Gasteiger partial charge in [-0.3, -0.25) is 14.5 Å². The van der Waals surface area contributed by atoms with Crippen molar-refractivity contribution >= 4 is 23.2 Å². The Labute approximate surface area is 190 Å². The summed E-state index contributed by atoms with van der Waals surface area (Å²) in [5.41, 5.74) is 3.88. The number of likely N-dealkylation sites (N-methyl/N-ethyl adjacent to an activating group) is 1. The van der Waals surface area contributed by atoms with Crippen LogP contribution in [-0.2, 0) is 11.3 Å². The van der Waals surface area contributed by atoms with E-state index in [1.807, 2.05) is 31.3 Å². The van der Waals surface area contributed by atoms with Crippen molar-refractivity contribution < 1.29 is 9.59 Å². The Balaban J connectivity index is 1.22. The van der Waals surface area contributed by atoms with Crippen molar-refractivity contribution in [3.8, 4) is 0 Å². The monoisotopic (exact) mass is 432 g/mol. The molecule has 168 valence electrons. The fourth-order valence-corrected chi connectivity index (χ4v) is 5.34. The molecule has 2 fully saturated rings. The highest BCUT2D eigenvalue weighted by Crippen LogP contribution is 2.39. The molecule has 0 spiro atoms. The Morgan fingerprint density at radius 2 is 1.75 bits per heavy atom. The van der Waals surface area contributed by atoms with E-state index in [2.05, 4.69) is 39.4 Å². The maximum absolute atomic E-state index is 13.0. The maximum Gasteiger partial charge on any atom is 0.251 e. The van der Waals surface area contributed by atoms with Crippen LogP contribution in [0.4, 0.5) is 11.4 Å². The lowest BCUT2D eigenvalue weighted by Gasteiger charge is -2.44. The van der Waals surface area contributed by atoms with E-state index in [0.29, 0.717) is 5.56 Å². The second kappa shape index (κ2) is 8.94. The van der Waals surface area contributed by atoms with E-state index in [0.717, 1.165) is 69.7 Å². The number of amides is 2. The molecule has 6 heteroatoms. The Hall–Kier alpha value is -2.86. The van der Waals surface area contributed by atoms with E-state index >= 15 is 0 Å². The lowest BCUT2D eigenvalue weighted by molar-refractivity contribution is -0.120. The number of rotatable bonds is 4. The number of hydrogen-bond acceptors (Lipinski definition) is 4. The molecule has 2 aromatic rings. The van der Waals surface area contributed by atoms with Gasteiger partial charge in [0.25, 0.3) is 5.91 Å². The molecule has 32 heavy (non-hydrogen) atoms. The number of anilines is 2. The van der Waals surface area contributed by atoms with E-state index in [1.54, 1.807) is 4.90 Å². The van der Waals surface area contributed by atoms with Gasteiger partial charge in [-0.25, -0.2) is 0 Å². The number of nitrogens with zero attached hydrogens (tertiary/aromatic N) is 3. The minimum atomic E-state index is -0.0537. The van der Waals surface area contributed by atoms with Gasteiger partial charge in [-0.2, -0.15) is 0 Å². The zero-order valence-electron chi connectivity index (χ0n) is 18.8. The lowest BCUT2D eigenvalue weighted by atomic mass is 9.95. The van der Waals surface area contributed by atoms with Gasteiger partial charge in [0, 0.05) is 44.8 Å². The molecule has 5 rings (SSSR count). The highest BCUT2D eigenvalue weighted by molar-refractivity contribution is 6.07. The molecule has 6 nitrogen and oxygen atoms in total. The summed E-state index contributed by atoms with van der Waals surface area (Å²) in [6.45, 7) is 3.84. The fraction of sp³-hybridized carbons (Fsp3) is 0.462. The van der Waals surface area contributed by atoms with Crippen LogP contribution in [-0.4, -0.2) is 55.5 Å². The van der Waals surface area contributed by atoms with E-state index in [4.69, 9.17) is 0 Å². The molecule has 3 aliphatic rings. The van der Waals surface area contributed by atoms with Crippen LogP contribution in [0.3, 0.4) is 0 Å². The molecule has 1 atom stereocenters. The highest BCUT2D eigenvalue weighted by Gasteiger charge is 2.38. The summed E-state index contributed by atoms with van der Waals surface area (Å²) in [5, 5.41) is 3.23. The maximum atomic E-state index is 13.0. The molecule has 0 aromatic heterocycles. The zero-order valence-corrected chi connectivity index (χ0v) is 18.8. The highest BCUT2D eigenvalue weighted by atomic mass is 16.2. The third kappa shape index (κ3) is 4.11. The topological polar surface area (TPSA) is 55.9 Å². The Bertz CT molecular complexity index is 985. The molecular weight excluding hydrogens is 400 g/mol. The van der Waals surface area contributed by atoms with Crippen LogP contribution in [0.5, 0.6) is 0 Å². The summed E-state index contributed by atoms with van der Waals surface area (Å²) < 4.78 is 0. The number of nitrogens with one attached hydrogen (secondary N) is 1. The Morgan fingerprint density at radius 1 is 0.969 bits per heavy atom. The smallest absolute Gasteiger partial charge is 0.251 e. The van der Waals surface area contributed by atoms with Crippen molar-refractivity contribution in [1.82, 2.24) is 10.2 Å². The first kappa shape index (κ1) is 21.0. The van der Waals surface area contributed by atoms with Crippen LogP contribution in [0.15, 0.2) is 48.5 Å². The second-order valence-electron chi connectivity index (χ2n) is 9.32. The summed E-state index contributed by atoms with van der Waals surface area (Å²) in [6.07, 6.45) is 5.03. The molecule has 2 amide bonds. The summed E-state index contributed by atoms with van der Waals surface area (Å²) >= 11 is 0. The first-order valence-corrected chi connectivity index (χ1v) is 11.9. The minimum absolute atomic E-state index is 0.0454. The summed E-state index contributed by atoms with van der Waals surface area (Å²) in [7, 11) is 1.83. The number of carbonyl (C=O) groups is 2. The summed E-state index contributed by atoms with van der Waals surface area (Å²) in [5.74, 6) is 0.0940. The molecule has 3 aliphatic heterocycles. The molecule has 1 N–H and O–H groups in total. The van der Waals surface area contributed by atoms with Gasteiger partial charge in [-0.15, -0.1) is 0 Å². The SMILES string of the molecule is CN1C(=O)[C@@H]2CCCCN2c2ccc(C(=O)NC3CCN(Cc4ccccc4)CC3)cc21. The molecule has 0 aliphatic carbocycles. The van der Waals surface area contributed by atoms with Gasteiger partial charge >= 0.3 is 0 Å². The number of likely N-dealkylation sites (tertiary alicyclic amines) is 1. The predicted molar refractivity (Wildman–Crippen MR) is 127 cm³/mol. The molecule has 2 aromatic carbocycles. The van der Waals surface area contributed by atoms with Gasteiger partial charge in [-0.1, -0.05) is 30.3 Å². The molecule has 0 radical (unpaired) electrons. The van der Waals surface area contributed by atoms with Gasteiger partial charge in [0.15, 0.2) is 0 Å². The van der Waals surface area contributed by atoms with Crippen LogP contribution in [0.1, 0.15) is 48.0 Å². The van der Waals surface area contributed by atoms with Gasteiger partial charge in [-0.05, 0) is 55.9 Å². The predicted octanol–water partition coefficient (Wildman–Crippen LogP) is 3.42. The Morgan fingerprint density at radius 3 is 2.53 bits per heavy atom. The van der Waals surface area contributed by atoms with Crippen molar-refractivity contribution in [2.24, 2.45) is 0 Å². The summed E-state index contributed by atoms with van der Waals surface area (Å²) in [6, 6.07) is 16.5. The van der Waals surface area contributed by atoms with Crippen LogP contribution in [0.25, 0.3) is 0 Å².